The van der Waals surface area contributed by atoms with Gasteiger partial charge in [-0.15, -0.1) is 0 Å². The van der Waals surface area contributed by atoms with Crippen LogP contribution >= 0.6 is 15.9 Å². The molecule has 0 aliphatic carbocycles. The molecule has 2 aromatic rings. The summed E-state index contributed by atoms with van der Waals surface area (Å²) in [5, 5.41) is 0. The molecule has 3 N–H and O–H groups in total. The van der Waals surface area contributed by atoms with Gasteiger partial charge in [0.2, 0.25) is 0 Å². The summed E-state index contributed by atoms with van der Waals surface area (Å²) in [6.07, 6.45) is 1.98. The molecule has 1 aliphatic heterocycles. The molecule has 3 nitrogen and oxygen atoms in total. The second-order valence-electron chi connectivity index (χ2n) is 5.03. The molecule has 0 bridgehead atoms. The van der Waals surface area contributed by atoms with Gasteiger partial charge in [0, 0.05) is 11.1 Å². The Morgan fingerprint density at radius 1 is 1.19 bits per heavy atom. The molecule has 0 radical (unpaired) electrons. The molecule has 0 saturated heterocycles. The number of hydrogen-bond donors (Lipinski definition) is 2. The number of benzene rings is 2. The van der Waals surface area contributed by atoms with Crippen molar-refractivity contribution in [2.75, 3.05) is 6.61 Å². The minimum Gasteiger partial charge on any atom is -0.493 e. The highest BCUT2D eigenvalue weighted by Crippen LogP contribution is 2.37. The van der Waals surface area contributed by atoms with Gasteiger partial charge in [-0.05, 0) is 40.4 Å². The summed E-state index contributed by atoms with van der Waals surface area (Å²) in [6, 6.07) is 10.7. The predicted octanol–water partition coefficient (Wildman–Crippen LogP) is 3.47. The third-order valence-electron chi connectivity index (χ3n) is 3.73. The van der Waals surface area contributed by atoms with Crippen LogP contribution < -0.4 is 16.0 Å². The lowest BCUT2D eigenvalue weighted by Crippen LogP contribution is -2.30. The van der Waals surface area contributed by atoms with Gasteiger partial charge in [-0.2, -0.15) is 0 Å². The first-order valence-electron chi connectivity index (χ1n) is 6.87. The smallest absolute Gasteiger partial charge is 0.142 e. The van der Waals surface area contributed by atoms with Crippen LogP contribution in [0.5, 0.6) is 5.75 Å². The van der Waals surface area contributed by atoms with E-state index in [1.54, 1.807) is 18.2 Å². The summed E-state index contributed by atoms with van der Waals surface area (Å²) in [4.78, 5) is 0. The summed E-state index contributed by atoms with van der Waals surface area (Å²) in [5.74, 6) is 6.22. The summed E-state index contributed by atoms with van der Waals surface area (Å²) >= 11 is 3.22. The lowest BCUT2D eigenvalue weighted by molar-refractivity contribution is 0.283. The Bertz CT molecular complexity index is 663. The van der Waals surface area contributed by atoms with E-state index in [-0.39, 0.29) is 5.82 Å². The minimum atomic E-state index is -0.449. The van der Waals surface area contributed by atoms with Gasteiger partial charge in [-0.25, -0.2) is 9.82 Å². The Hall–Kier alpha value is -1.43. The van der Waals surface area contributed by atoms with E-state index in [0.717, 1.165) is 29.7 Å². The van der Waals surface area contributed by atoms with E-state index in [1.165, 1.54) is 0 Å². The molecule has 0 spiro atoms. The van der Waals surface area contributed by atoms with Crippen molar-refractivity contribution >= 4 is 15.9 Å². The molecule has 5 heteroatoms. The molecular weight excluding hydrogens is 335 g/mol. The summed E-state index contributed by atoms with van der Waals surface area (Å²) in [5.41, 5.74) is 5.22. The predicted molar refractivity (Wildman–Crippen MR) is 83.5 cm³/mol. The Morgan fingerprint density at radius 2 is 1.95 bits per heavy atom. The van der Waals surface area contributed by atoms with Crippen LogP contribution in [0.15, 0.2) is 40.9 Å². The zero-order valence-electron chi connectivity index (χ0n) is 11.4. The van der Waals surface area contributed by atoms with Crippen LogP contribution in [-0.4, -0.2) is 6.61 Å². The van der Waals surface area contributed by atoms with Gasteiger partial charge in [-0.3, -0.25) is 5.84 Å². The fourth-order valence-corrected chi connectivity index (χ4v) is 3.11. The van der Waals surface area contributed by atoms with Gasteiger partial charge in [0.1, 0.15) is 11.6 Å². The fourth-order valence-electron chi connectivity index (χ4n) is 2.73. The first kappa shape index (κ1) is 14.5. The van der Waals surface area contributed by atoms with E-state index < -0.39 is 6.04 Å². The van der Waals surface area contributed by atoms with Crippen molar-refractivity contribution in [3.05, 3.63) is 63.4 Å². The second-order valence-corrected chi connectivity index (χ2v) is 5.88. The van der Waals surface area contributed by atoms with Gasteiger partial charge in [0.15, 0.2) is 0 Å². The minimum absolute atomic E-state index is 0.311. The van der Waals surface area contributed by atoms with Crippen LogP contribution in [-0.2, 0) is 6.42 Å². The highest BCUT2D eigenvalue weighted by Gasteiger charge is 2.24. The Kier molecular flexibility index (Phi) is 4.24. The van der Waals surface area contributed by atoms with Crippen LogP contribution in [0.3, 0.4) is 0 Å². The second kappa shape index (κ2) is 6.13. The van der Waals surface area contributed by atoms with E-state index in [9.17, 15) is 4.39 Å². The summed E-state index contributed by atoms with van der Waals surface area (Å²) in [7, 11) is 0. The quantitative estimate of drug-likeness (QED) is 0.658. The molecule has 1 atom stereocenters. The van der Waals surface area contributed by atoms with Crippen molar-refractivity contribution in [1.29, 1.82) is 0 Å². The van der Waals surface area contributed by atoms with E-state index in [2.05, 4.69) is 21.4 Å². The average Bonchev–Trinajstić information content (AvgIpc) is 2.52. The Labute approximate surface area is 131 Å². The Morgan fingerprint density at radius 3 is 2.76 bits per heavy atom. The Balaban J connectivity index is 2.11. The zero-order valence-corrected chi connectivity index (χ0v) is 13.0. The van der Waals surface area contributed by atoms with Gasteiger partial charge >= 0.3 is 0 Å². The number of ether oxygens (including phenoxy) is 1. The number of nitrogens with two attached hydrogens (primary N) is 1. The normalized spacial score (nSPS) is 15.2. The molecule has 1 unspecified atom stereocenters. The molecule has 1 aliphatic rings. The molecule has 0 fully saturated rings. The van der Waals surface area contributed by atoms with Crippen molar-refractivity contribution in [3.63, 3.8) is 0 Å². The summed E-state index contributed by atoms with van der Waals surface area (Å²) < 4.78 is 20.6. The maximum atomic E-state index is 14.4. The fraction of sp³-hybridized carbons (Fsp3) is 0.250. The number of nitrogens with one attached hydrogen (secondary N) is 1. The monoisotopic (exact) mass is 350 g/mol. The molecule has 0 saturated carbocycles. The molecule has 0 aromatic heterocycles. The summed E-state index contributed by atoms with van der Waals surface area (Å²) in [6.45, 7) is 0.683. The molecule has 0 amide bonds. The standard InChI is InChI=1S/C16H16BrFN2O/c17-13-8-2-6-11(14(13)18)15(20-19)12-7-1-4-10-5-3-9-21-16(10)12/h1-2,4,6-8,15,20H,3,5,9,19H2. The van der Waals surface area contributed by atoms with Crippen LogP contribution in [0.2, 0.25) is 0 Å². The van der Waals surface area contributed by atoms with Crippen molar-refractivity contribution < 1.29 is 9.13 Å². The number of hydrazine groups is 1. The first-order chi connectivity index (χ1) is 10.2. The van der Waals surface area contributed by atoms with Gasteiger partial charge in [0.25, 0.3) is 0 Å². The SMILES string of the molecule is NNC(c1cccc(Br)c1F)c1cccc2c1OCCC2. The first-order valence-corrected chi connectivity index (χ1v) is 7.66. The van der Waals surface area contributed by atoms with Crippen LogP contribution in [0.25, 0.3) is 0 Å². The number of halogens is 2. The van der Waals surface area contributed by atoms with Crippen LogP contribution in [0, 0.1) is 5.82 Å². The van der Waals surface area contributed by atoms with Crippen LogP contribution in [0.1, 0.15) is 29.2 Å². The van der Waals surface area contributed by atoms with Crippen molar-refractivity contribution in [1.82, 2.24) is 5.43 Å². The number of rotatable bonds is 3. The lowest BCUT2D eigenvalue weighted by Gasteiger charge is -2.25. The number of hydrogen-bond acceptors (Lipinski definition) is 3. The maximum Gasteiger partial charge on any atom is 0.142 e. The lowest BCUT2D eigenvalue weighted by atomic mass is 9.94. The molecule has 21 heavy (non-hydrogen) atoms. The van der Waals surface area contributed by atoms with E-state index in [0.29, 0.717) is 16.6 Å². The van der Waals surface area contributed by atoms with E-state index >= 15 is 0 Å². The third-order valence-corrected chi connectivity index (χ3v) is 4.35. The van der Waals surface area contributed by atoms with Crippen LogP contribution in [0.4, 0.5) is 4.39 Å². The molecule has 110 valence electrons. The maximum absolute atomic E-state index is 14.4. The average molecular weight is 351 g/mol. The molecule has 3 rings (SSSR count). The molecular formula is C16H16BrFN2O. The number of para-hydroxylation sites is 1. The van der Waals surface area contributed by atoms with E-state index in [4.69, 9.17) is 10.6 Å². The van der Waals surface area contributed by atoms with E-state index in [1.807, 2.05) is 18.2 Å². The van der Waals surface area contributed by atoms with Gasteiger partial charge < -0.3 is 4.74 Å². The third kappa shape index (κ3) is 2.69. The largest absolute Gasteiger partial charge is 0.493 e. The number of aryl methyl sites for hydroxylation is 1. The highest BCUT2D eigenvalue weighted by atomic mass is 79.9. The number of fused-ring (bicyclic) bond motifs is 1. The van der Waals surface area contributed by atoms with Gasteiger partial charge in [0.05, 0.1) is 17.1 Å². The van der Waals surface area contributed by atoms with Crippen molar-refractivity contribution in [2.45, 2.75) is 18.9 Å². The van der Waals surface area contributed by atoms with Crippen molar-refractivity contribution in [2.24, 2.45) is 5.84 Å². The topological polar surface area (TPSA) is 47.3 Å². The molecule has 2 aromatic carbocycles. The zero-order chi connectivity index (χ0) is 14.8. The molecule has 1 heterocycles. The van der Waals surface area contributed by atoms with Crippen molar-refractivity contribution in [3.8, 4) is 5.75 Å². The van der Waals surface area contributed by atoms with Gasteiger partial charge in [-0.1, -0.05) is 30.3 Å². The highest BCUT2D eigenvalue weighted by molar-refractivity contribution is 9.10.